The second kappa shape index (κ2) is 6.12. The van der Waals surface area contributed by atoms with Gasteiger partial charge in [-0.25, -0.2) is 4.98 Å². The second-order valence-electron chi connectivity index (χ2n) is 7.68. The van der Waals surface area contributed by atoms with Crippen LogP contribution in [0.5, 0.6) is 5.88 Å². The van der Waals surface area contributed by atoms with Crippen LogP contribution in [-0.4, -0.2) is 16.1 Å². The van der Waals surface area contributed by atoms with E-state index >= 15 is 0 Å². The predicted octanol–water partition coefficient (Wildman–Crippen LogP) is 4.94. The van der Waals surface area contributed by atoms with Gasteiger partial charge < -0.3 is 4.74 Å². The lowest BCUT2D eigenvalue weighted by atomic mass is 9.82. The van der Waals surface area contributed by atoms with Gasteiger partial charge in [0, 0.05) is 11.0 Å². The Kier molecular flexibility index (Phi) is 4.82. The van der Waals surface area contributed by atoms with Crippen molar-refractivity contribution in [2.75, 3.05) is 0 Å². The van der Waals surface area contributed by atoms with E-state index in [1.54, 1.807) is 0 Å². The minimum absolute atomic E-state index is 0.136. The molecule has 0 amide bonds. The Bertz CT molecular complexity index is 500. The summed E-state index contributed by atoms with van der Waals surface area (Å²) in [5.41, 5.74) is 0.707. The lowest BCUT2D eigenvalue weighted by Crippen LogP contribution is -2.29. The van der Waals surface area contributed by atoms with Crippen molar-refractivity contribution in [3.8, 4) is 5.88 Å². The van der Waals surface area contributed by atoms with E-state index in [2.05, 4.69) is 44.6 Å². The molecule has 4 heteroatoms. The van der Waals surface area contributed by atoms with E-state index in [0.29, 0.717) is 22.9 Å². The van der Waals surface area contributed by atoms with Crippen LogP contribution in [-0.2, 0) is 5.41 Å². The molecule has 2 rings (SSSR count). The summed E-state index contributed by atoms with van der Waals surface area (Å²) >= 11 is 6.27. The van der Waals surface area contributed by atoms with Crippen LogP contribution in [0.4, 0.5) is 0 Å². The number of hydrogen-bond donors (Lipinski definition) is 0. The first-order valence-corrected chi connectivity index (χ1v) is 8.26. The molecule has 1 aromatic rings. The molecule has 1 saturated carbocycles. The van der Waals surface area contributed by atoms with Crippen molar-refractivity contribution < 1.29 is 4.74 Å². The summed E-state index contributed by atoms with van der Waals surface area (Å²) in [6.45, 7) is 12.8. The first kappa shape index (κ1) is 16.5. The minimum atomic E-state index is -0.136. The number of halogens is 1. The van der Waals surface area contributed by atoms with Crippen molar-refractivity contribution in [2.45, 2.75) is 72.3 Å². The maximum atomic E-state index is 6.27. The fourth-order valence-corrected chi connectivity index (χ4v) is 3.21. The van der Waals surface area contributed by atoms with E-state index in [-0.39, 0.29) is 11.5 Å². The maximum Gasteiger partial charge on any atom is 0.221 e. The van der Waals surface area contributed by atoms with Crippen molar-refractivity contribution in [3.63, 3.8) is 0 Å². The molecule has 0 aliphatic heterocycles. The molecule has 1 aromatic heterocycles. The number of nitrogens with zero attached hydrogens (tertiary/aromatic N) is 2. The van der Waals surface area contributed by atoms with Gasteiger partial charge in [0.1, 0.15) is 17.1 Å². The fraction of sp³-hybridized carbons (Fsp3) is 0.765. The summed E-state index contributed by atoms with van der Waals surface area (Å²) in [4.78, 5) is 9.03. The van der Waals surface area contributed by atoms with Crippen LogP contribution in [0.15, 0.2) is 0 Å². The van der Waals surface area contributed by atoms with Crippen molar-refractivity contribution in [1.29, 1.82) is 0 Å². The molecule has 21 heavy (non-hydrogen) atoms. The molecule has 118 valence electrons. The molecule has 2 unspecified atom stereocenters. The van der Waals surface area contributed by atoms with Crippen LogP contribution in [0.25, 0.3) is 0 Å². The Labute approximate surface area is 133 Å². The first-order chi connectivity index (χ1) is 9.66. The molecule has 0 bridgehead atoms. The summed E-state index contributed by atoms with van der Waals surface area (Å²) in [7, 11) is 0. The third-order valence-electron chi connectivity index (χ3n) is 4.13. The van der Waals surface area contributed by atoms with E-state index in [0.717, 1.165) is 24.2 Å². The first-order valence-electron chi connectivity index (χ1n) is 7.88. The van der Waals surface area contributed by atoms with E-state index < -0.39 is 0 Å². The lowest BCUT2D eigenvalue weighted by molar-refractivity contribution is 0.0953. The highest BCUT2D eigenvalue weighted by atomic mass is 35.5. The molecule has 0 saturated heterocycles. The monoisotopic (exact) mass is 310 g/mol. The van der Waals surface area contributed by atoms with Crippen LogP contribution >= 0.6 is 11.6 Å². The number of ether oxygens (including phenoxy) is 1. The molecule has 0 radical (unpaired) electrons. The minimum Gasteiger partial charge on any atom is -0.474 e. The Hall–Kier alpha value is -0.830. The lowest BCUT2D eigenvalue weighted by Gasteiger charge is -2.32. The zero-order valence-corrected chi connectivity index (χ0v) is 14.8. The molecular formula is C17H27ClN2O. The van der Waals surface area contributed by atoms with Crippen LogP contribution in [0.2, 0.25) is 5.15 Å². The highest BCUT2D eigenvalue weighted by Gasteiger charge is 2.27. The zero-order valence-electron chi connectivity index (χ0n) is 14.0. The number of aromatic nitrogens is 2. The Morgan fingerprint density at radius 1 is 1.05 bits per heavy atom. The Morgan fingerprint density at radius 2 is 1.62 bits per heavy atom. The van der Waals surface area contributed by atoms with Crippen LogP contribution in [0.1, 0.15) is 65.3 Å². The van der Waals surface area contributed by atoms with Gasteiger partial charge in [-0.2, -0.15) is 4.98 Å². The van der Waals surface area contributed by atoms with Crippen molar-refractivity contribution >= 4 is 11.6 Å². The predicted molar refractivity (Wildman–Crippen MR) is 87.1 cm³/mol. The van der Waals surface area contributed by atoms with Gasteiger partial charge in [-0.3, -0.25) is 0 Å². The number of hydrogen-bond acceptors (Lipinski definition) is 3. The van der Waals surface area contributed by atoms with E-state index in [1.165, 1.54) is 6.42 Å². The van der Waals surface area contributed by atoms with E-state index in [1.807, 2.05) is 6.92 Å². The average Bonchev–Trinajstić information content (AvgIpc) is 2.32. The van der Waals surface area contributed by atoms with Gasteiger partial charge in [0.15, 0.2) is 0 Å². The summed E-state index contributed by atoms with van der Waals surface area (Å²) in [6, 6.07) is 0. The molecule has 0 N–H and O–H groups in total. The topological polar surface area (TPSA) is 35.0 Å². The van der Waals surface area contributed by atoms with Crippen molar-refractivity contribution in [2.24, 2.45) is 11.8 Å². The van der Waals surface area contributed by atoms with Crippen LogP contribution in [0, 0.1) is 18.8 Å². The SMILES string of the molecule is Cc1c(Cl)nc(C(C)(C)C)nc1OC1CC(C)CC(C)C1. The van der Waals surface area contributed by atoms with Gasteiger partial charge in [-0.15, -0.1) is 0 Å². The molecular weight excluding hydrogens is 284 g/mol. The van der Waals surface area contributed by atoms with E-state index in [4.69, 9.17) is 16.3 Å². The third-order valence-corrected chi connectivity index (χ3v) is 4.49. The van der Waals surface area contributed by atoms with Gasteiger partial charge in [-0.1, -0.05) is 46.2 Å². The second-order valence-corrected chi connectivity index (χ2v) is 8.03. The average molecular weight is 311 g/mol. The van der Waals surface area contributed by atoms with Crippen LogP contribution in [0.3, 0.4) is 0 Å². The van der Waals surface area contributed by atoms with Gasteiger partial charge in [0.2, 0.25) is 5.88 Å². The number of rotatable bonds is 2. The zero-order chi connectivity index (χ0) is 15.8. The molecule has 1 aliphatic carbocycles. The van der Waals surface area contributed by atoms with Gasteiger partial charge in [0.05, 0.1) is 0 Å². The third kappa shape index (κ3) is 4.09. The molecule has 2 atom stereocenters. The van der Waals surface area contributed by atoms with Crippen LogP contribution < -0.4 is 4.74 Å². The molecule has 1 fully saturated rings. The highest BCUT2D eigenvalue weighted by Crippen LogP contribution is 2.33. The molecule has 0 spiro atoms. The molecule has 1 aliphatic rings. The van der Waals surface area contributed by atoms with Crippen molar-refractivity contribution in [3.05, 3.63) is 16.5 Å². The Balaban J connectivity index is 2.25. The normalized spacial score (nSPS) is 26.7. The quantitative estimate of drug-likeness (QED) is 0.726. The smallest absolute Gasteiger partial charge is 0.221 e. The van der Waals surface area contributed by atoms with Crippen molar-refractivity contribution in [1.82, 2.24) is 9.97 Å². The highest BCUT2D eigenvalue weighted by molar-refractivity contribution is 6.30. The van der Waals surface area contributed by atoms with Gasteiger partial charge in [0.25, 0.3) is 0 Å². The molecule has 0 aromatic carbocycles. The fourth-order valence-electron chi connectivity index (χ4n) is 3.05. The largest absolute Gasteiger partial charge is 0.474 e. The summed E-state index contributed by atoms with van der Waals surface area (Å²) < 4.78 is 6.21. The standard InChI is InChI=1S/C17H27ClN2O/c1-10-7-11(2)9-13(8-10)21-15-12(3)14(18)19-16(20-15)17(4,5)6/h10-11,13H,7-9H2,1-6H3. The summed E-state index contributed by atoms with van der Waals surface area (Å²) in [5, 5.41) is 0.502. The van der Waals surface area contributed by atoms with Gasteiger partial charge >= 0.3 is 0 Å². The van der Waals surface area contributed by atoms with E-state index in [9.17, 15) is 0 Å². The van der Waals surface area contributed by atoms with Gasteiger partial charge in [-0.05, 0) is 38.0 Å². The molecule has 3 nitrogen and oxygen atoms in total. The Morgan fingerprint density at radius 3 is 2.14 bits per heavy atom. The molecule has 1 heterocycles. The summed E-state index contributed by atoms with van der Waals surface area (Å²) in [5.74, 6) is 2.81. The maximum absolute atomic E-state index is 6.27. The summed E-state index contributed by atoms with van der Waals surface area (Å²) in [6.07, 6.45) is 3.71.